The monoisotopic (exact) mass is 498 g/mol. The van der Waals surface area contributed by atoms with E-state index < -0.39 is 0 Å². The van der Waals surface area contributed by atoms with Gasteiger partial charge in [0, 0.05) is 38.6 Å². The van der Waals surface area contributed by atoms with E-state index in [4.69, 9.17) is 9.73 Å². The van der Waals surface area contributed by atoms with Crippen LogP contribution in [0, 0.1) is 0 Å². The zero-order valence-electron chi connectivity index (χ0n) is 16.5. The number of nitrogens with one attached hydrogen (secondary N) is 2. The summed E-state index contributed by atoms with van der Waals surface area (Å²) in [6.45, 7) is 9.35. The summed E-state index contributed by atoms with van der Waals surface area (Å²) >= 11 is 0. The second-order valence-electron chi connectivity index (χ2n) is 6.53. The molecule has 28 heavy (non-hydrogen) atoms. The molecule has 1 saturated heterocycles. The van der Waals surface area contributed by atoms with Gasteiger partial charge in [-0.1, -0.05) is 18.2 Å². The zero-order chi connectivity index (χ0) is 18.7. The van der Waals surface area contributed by atoms with Crippen LogP contribution >= 0.6 is 24.0 Å². The number of guanidine groups is 1. The highest BCUT2D eigenvalue weighted by atomic mass is 127. The van der Waals surface area contributed by atoms with Crippen molar-refractivity contribution in [2.75, 3.05) is 45.9 Å². The molecular formula is C20H31IN6O. The van der Waals surface area contributed by atoms with Crippen LogP contribution in [0.5, 0.6) is 0 Å². The van der Waals surface area contributed by atoms with E-state index in [-0.39, 0.29) is 24.0 Å². The van der Waals surface area contributed by atoms with Gasteiger partial charge in [0.25, 0.3) is 0 Å². The average molecular weight is 498 g/mol. The van der Waals surface area contributed by atoms with Crippen LogP contribution in [0.15, 0.2) is 48.0 Å². The maximum atomic E-state index is 5.39. The van der Waals surface area contributed by atoms with Crippen molar-refractivity contribution in [1.82, 2.24) is 25.1 Å². The molecule has 2 heterocycles. The Kier molecular flexibility index (Phi) is 10.3. The molecule has 0 spiro atoms. The van der Waals surface area contributed by atoms with Gasteiger partial charge in [-0.25, -0.2) is 9.98 Å². The summed E-state index contributed by atoms with van der Waals surface area (Å²) in [7, 11) is 0. The second kappa shape index (κ2) is 12.7. The Hall–Kier alpha value is -1.65. The first kappa shape index (κ1) is 22.6. The molecule has 0 aliphatic carbocycles. The summed E-state index contributed by atoms with van der Waals surface area (Å²) in [6.07, 6.45) is 6.66. The van der Waals surface area contributed by atoms with E-state index in [1.165, 1.54) is 5.56 Å². The minimum atomic E-state index is 0. The second-order valence-corrected chi connectivity index (χ2v) is 6.53. The Bertz CT molecular complexity index is 700. The van der Waals surface area contributed by atoms with Gasteiger partial charge in [-0.05, 0) is 31.5 Å². The van der Waals surface area contributed by atoms with Crippen LogP contribution < -0.4 is 10.6 Å². The Labute approximate surface area is 184 Å². The molecule has 0 saturated carbocycles. The third kappa shape index (κ3) is 7.06. The molecule has 2 N–H and O–H groups in total. The molecule has 3 rings (SSSR count). The van der Waals surface area contributed by atoms with E-state index >= 15 is 0 Å². The molecule has 154 valence electrons. The topological polar surface area (TPSA) is 66.7 Å². The van der Waals surface area contributed by atoms with Crippen molar-refractivity contribution < 1.29 is 4.74 Å². The maximum absolute atomic E-state index is 5.39. The van der Waals surface area contributed by atoms with Crippen molar-refractivity contribution in [3.8, 4) is 5.69 Å². The standard InChI is InChI=1S/C20H30N6O.HI/c1-2-22-20(23-8-5-10-25-12-14-27-15-13-25)24-16-18-6-3-4-7-19(18)26-11-9-21-17-26;/h3-4,6-7,9,11,17H,2,5,8,10,12-16H2,1H3,(H2,22,23,24);1H. The third-order valence-corrected chi connectivity index (χ3v) is 4.57. The van der Waals surface area contributed by atoms with Crippen LogP contribution in [0.2, 0.25) is 0 Å². The first-order valence-corrected chi connectivity index (χ1v) is 9.75. The summed E-state index contributed by atoms with van der Waals surface area (Å²) in [5.41, 5.74) is 2.28. The molecule has 1 aliphatic rings. The van der Waals surface area contributed by atoms with Crippen LogP contribution in [0.25, 0.3) is 5.69 Å². The van der Waals surface area contributed by atoms with Crippen molar-refractivity contribution in [1.29, 1.82) is 0 Å². The highest BCUT2D eigenvalue weighted by molar-refractivity contribution is 14.0. The lowest BCUT2D eigenvalue weighted by Crippen LogP contribution is -2.40. The summed E-state index contributed by atoms with van der Waals surface area (Å²) in [5.74, 6) is 0.861. The number of hydrogen-bond acceptors (Lipinski definition) is 4. The molecule has 7 nitrogen and oxygen atoms in total. The fourth-order valence-corrected chi connectivity index (χ4v) is 3.14. The SMILES string of the molecule is CCNC(=NCc1ccccc1-n1ccnc1)NCCCN1CCOCC1.I. The van der Waals surface area contributed by atoms with E-state index in [1.54, 1.807) is 6.20 Å². The number of hydrogen-bond donors (Lipinski definition) is 2. The van der Waals surface area contributed by atoms with Gasteiger partial charge in [0.05, 0.1) is 31.8 Å². The summed E-state index contributed by atoms with van der Waals surface area (Å²) in [5, 5.41) is 6.78. The molecular weight excluding hydrogens is 467 g/mol. The van der Waals surface area contributed by atoms with Gasteiger partial charge in [-0.15, -0.1) is 24.0 Å². The lowest BCUT2D eigenvalue weighted by molar-refractivity contribution is 0.0376. The first-order chi connectivity index (χ1) is 13.4. The predicted octanol–water partition coefficient (Wildman–Crippen LogP) is 2.27. The summed E-state index contributed by atoms with van der Waals surface area (Å²) in [4.78, 5) is 11.4. The largest absolute Gasteiger partial charge is 0.379 e. The molecule has 2 aromatic rings. The molecule has 1 aliphatic heterocycles. The predicted molar refractivity (Wildman–Crippen MR) is 124 cm³/mol. The van der Waals surface area contributed by atoms with E-state index in [2.05, 4.69) is 39.6 Å². The Morgan fingerprint density at radius 2 is 2.04 bits per heavy atom. The lowest BCUT2D eigenvalue weighted by atomic mass is 10.2. The lowest BCUT2D eigenvalue weighted by Gasteiger charge is -2.26. The van der Waals surface area contributed by atoms with Gasteiger partial charge < -0.3 is 19.9 Å². The number of rotatable bonds is 8. The number of morpholine rings is 1. The highest BCUT2D eigenvalue weighted by Gasteiger charge is 2.09. The molecule has 1 aromatic heterocycles. The average Bonchev–Trinajstić information content (AvgIpc) is 3.25. The smallest absolute Gasteiger partial charge is 0.191 e. The van der Waals surface area contributed by atoms with Gasteiger partial charge in [-0.3, -0.25) is 4.90 Å². The minimum absolute atomic E-state index is 0. The number of aromatic nitrogens is 2. The number of imidazole rings is 1. The molecule has 1 aromatic carbocycles. The fourth-order valence-electron chi connectivity index (χ4n) is 3.14. The van der Waals surface area contributed by atoms with E-state index in [0.29, 0.717) is 6.54 Å². The molecule has 8 heteroatoms. The van der Waals surface area contributed by atoms with Gasteiger partial charge in [0.15, 0.2) is 5.96 Å². The number of ether oxygens (including phenoxy) is 1. The highest BCUT2D eigenvalue weighted by Crippen LogP contribution is 2.15. The number of halogens is 1. The fraction of sp³-hybridized carbons (Fsp3) is 0.500. The van der Waals surface area contributed by atoms with Crippen molar-refractivity contribution >= 4 is 29.9 Å². The Morgan fingerprint density at radius 1 is 1.21 bits per heavy atom. The van der Waals surface area contributed by atoms with Crippen molar-refractivity contribution in [3.63, 3.8) is 0 Å². The van der Waals surface area contributed by atoms with Crippen molar-refractivity contribution in [2.24, 2.45) is 4.99 Å². The van der Waals surface area contributed by atoms with Crippen molar-refractivity contribution in [2.45, 2.75) is 19.9 Å². The molecule has 0 unspecified atom stereocenters. The summed E-state index contributed by atoms with van der Waals surface area (Å²) < 4.78 is 7.42. The summed E-state index contributed by atoms with van der Waals surface area (Å²) in [6, 6.07) is 8.29. The molecule has 0 radical (unpaired) electrons. The third-order valence-electron chi connectivity index (χ3n) is 4.57. The van der Waals surface area contributed by atoms with Gasteiger partial charge in [0.2, 0.25) is 0 Å². The van der Waals surface area contributed by atoms with Crippen LogP contribution in [-0.2, 0) is 11.3 Å². The number of nitrogens with zero attached hydrogens (tertiary/aromatic N) is 4. The zero-order valence-corrected chi connectivity index (χ0v) is 18.8. The Balaban J connectivity index is 0.00000280. The number of benzene rings is 1. The van der Waals surface area contributed by atoms with Crippen LogP contribution in [0.4, 0.5) is 0 Å². The van der Waals surface area contributed by atoms with E-state index in [9.17, 15) is 0 Å². The molecule has 1 fully saturated rings. The quantitative estimate of drug-likeness (QED) is 0.253. The Morgan fingerprint density at radius 3 is 2.79 bits per heavy atom. The molecule has 0 amide bonds. The van der Waals surface area contributed by atoms with Crippen LogP contribution in [-0.4, -0.2) is 66.3 Å². The van der Waals surface area contributed by atoms with Crippen molar-refractivity contribution in [3.05, 3.63) is 48.5 Å². The maximum Gasteiger partial charge on any atom is 0.191 e. The van der Waals surface area contributed by atoms with Gasteiger partial charge in [-0.2, -0.15) is 0 Å². The van der Waals surface area contributed by atoms with E-state index in [0.717, 1.165) is 64.0 Å². The molecule has 0 bridgehead atoms. The minimum Gasteiger partial charge on any atom is -0.379 e. The van der Waals surface area contributed by atoms with Gasteiger partial charge in [0.1, 0.15) is 0 Å². The van der Waals surface area contributed by atoms with Crippen LogP contribution in [0.1, 0.15) is 18.9 Å². The molecule has 0 atom stereocenters. The van der Waals surface area contributed by atoms with E-state index in [1.807, 2.05) is 29.2 Å². The number of para-hydroxylation sites is 1. The first-order valence-electron chi connectivity index (χ1n) is 9.75. The van der Waals surface area contributed by atoms with Gasteiger partial charge >= 0.3 is 0 Å². The number of aliphatic imine (C=N–C) groups is 1. The van der Waals surface area contributed by atoms with Crippen LogP contribution in [0.3, 0.4) is 0 Å². The normalized spacial score (nSPS) is 15.1.